The Labute approximate surface area is 173 Å². The summed E-state index contributed by atoms with van der Waals surface area (Å²) in [5.74, 6) is 0.661. The summed E-state index contributed by atoms with van der Waals surface area (Å²) < 4.78 is 6.26. The fraction of sp³-hybridized carbons (Fsp3) is 0.263. The van der Waals surface area contributed by atoms with Crippen molar-refractivity contribution in [3.63, 3.8) is 0 Å². The Bertz CT molecular complexity index is 930. The molecule has 0 bridgehead atoms. The molecule has 144 valence electrons. The molecular weight excluding hydrogens is 405 g/mol. The second kappa shape index (κ2) is 9.37. The minimum Gasteiger partial charge on any atom is -0.497 e. The predicted octanol–water partition coefficient (Wildman–Crippen LogP) is 4.59. The number of fused-ring (bicyclic) bond motifs is 1. The number of methoxy groups -OCH3 is 1. The molecule has 27 heavy (non-hydrogen) atoms. The van der Waals surface area contributed by atoms with Gasteiger partial charge in [-0.1, -0.05) is 29.0 Å². The van der Waals surface area contributed by atoms with Gasteiger partial charge in [-0.3, -0.25) is 9.69 Å². The summed E-state index contributed by atoms with van der Waals surface area (Å²) in [6.07, 6.45) is 0. The molecule has 1 amide bonds. The Morgan fingerprint density at radius 2 is 1.96 bits per heavy atom. The Balaban J connectivity index is 0.00000261. The van der Waals surface area contributed by atoms with Crippen LogP contribution in [0.15, 0.2) is 42.5 Å². The van der Waals surface area contributed by atoms with E-state index in [4.69, 9.17) is 16.3 Å². The second-order valence-corrected chi connectivity index (χ2v) is 7.55. The van der Waals surface area contributed by atoms with Gasteiger partial charge in [0.15, 0.2) is 5.13 Å². The molecule has 0 saturated heterocycles. The molecule has 0 radical (unpaired) electrons. The van der Waals surface area contributed by atoms with E-state index in [0.29, 0.717) is 22.3 Å². The van der Waals surface area contributed by atoms with E-state index in [0.717, 1.165) is 22.5 Å². The van der Waals surface area contributed by atoms with Gasteiger partial charge >= 0.3 is 0 Å². The highest BCUT2D eigenvalue weighted by molar-refractivity contribution is 7.22. The van der Waals surface area contributed by atoms with Crippen LogP contribution in [0.1, 0.15) is 10.4 Å². The molecule has 0 saturated carbocycles. The number of amides is 1. The Kier molecular flexibility index (Phi) is 7.44. The van der Waals surface area contributed by atoms with E-state index < -0.39 is 0 Å². The third-order valence-corrected chi connectivity index (χ3v) is 5.18. The lowest BCUT2D eigenvalue weighted by atomic mass is 10.2. The number of ether oxygens (including phenoxy) is 1. The molecule has 0 spiro atoms. The number of nitrogens with zero attached hydrogens (tertiary/aromatic N) is 3. The summed E-state index contributed by atoms with van der Waals surface area (Å²) in [4.78, 5) is 21.5. The van der Waals surface area contributed by atoms with Gasteiger partial charge in [0.1, 0.15) is 5.75 Å². The van der Waals surface area contributed by atoms with Gasteiger partial charge in [-0.2, -0.15) is 0 Å². The number of carbonyl (C=O) groups excluding carboxylic acids is 1. The van der Waals surface area contributed by atoms with Crippen LogP contribution in [0, 0.1) is 0 Å². The number of halogens is 2. The Hall–Kier alpha value is -1.86. The molecule has 3 aromatic rings. The van der Waals surface area contributed by atoms with Crippen molar-refractivity contribution >= 4 is 56.6 Å². The van der Waals surface area contributed by atoms with Crippen molar-refractivity contribution in [1.29, 1.82) is 0 Å². The molecule has 0 N–H and O–H groups in total. The fourth-order valence-corrected chi connectivity index (χ4v) is 3.71. The Morgan fingerprint density at radius 1 is 1.19 bits per heavy atom. The van der Waals surface area contributed by atoms with Crippen LogP contribution in [-0.4, -0.2) is 50.1 Å². The highest BCUT2D eigenvalue weighted by Crippen LogP contribution is 2.32. The van der Waals surface area contributed by atoms with Crippen molar-refractivity contribution in [2.45, 2.75) is 0 Å². The zero-order valence-electron chi connectivity index (χ0n) is 15.3. The van der Waals surface area contributed by atoms with Crippen LogP contribution in [-0.2, 0) is 0 Å². The number of aromatic nitrogens is 1. The van der Waals surface area contributed by atoms with Crippen molar-refractivity contribution in [3.05, 3.63) is 53.1 Å². The van der Waals surface area contributed by atoms with Crippen LogP contribution >= 0.6 is 35.3 Å². The predicted molar refractivity (Wildman–Crippen MR) is 115 cm³/mol. The van der Waals surface area contributed by atoms with Gasteiger partial charge in [-0.05, 0) is 50.5 Å². The summed E-state index contributed by atoms with van der Waals surface area (Å²) in [5, 5.41) is 1.21. The molecule has 0 unspecified atom stereocenters. The van der Waals surface area contributed by atoms with Crippen molar-refractivity contribution in [2.75, 3.05) is 39.2 Å². The number of thiazole rings is 1. The SMILES string of the molecule is COc1ccc2nc(N(CCN(C)C)C(=O)c3cccc(Cl)c3)sc2c1.Cl. The normalized spacial score (nSPS) is 10.7. The molecule has 0 aliphatic heterocycles. The first-order valence-electron chi connectivity index (χ1n) is 8.14. The zero-order valence-corrected chi connectivity index (χ0v) is 17.7. The lowest BCUT2D eigenvalue weighted by Gasteiger charge is -2.22. The van der Waals surface area contributed by atoms with E-state index in [1.54, 1.807) is 36.3 Å². The zero-order chi connectivity index (χ0) is 18.7. The first-order valence-corrected chi connectivity index (χ1v) is 9.34. The quantitative estimate of drug-likeness (QED) is 0.579. The molecule has 1 heterocycles. The fourth-order valence-electron chi connectivity index (χ4n) is 2.50. The summed E-state index contributed by atoms with van der Waals surface area (Å²) >= 11 is 7.54. The maximum Gasteiger partial charge on any atom is 0.260 e. The molecule has 1 aromatic heterocycles. The molecule has 0 atom stereocenters. The van der Waals surface area contributed by atoms with Crippen LogP contribution in [0.25, 0.3) is 10.2 Å². The van der Waals surface area contributed by atoms with Gasteiger partial charge < -0.3 is 9.64 Å². The van der Waals surface area contributed by atoms with Gasteiger partial charge in [0.25, 0.3) is 5.91 Å². The monoisotopic (exact) mass is 425 g/mol. The van der Waals surface area contributed by atoms with Crippen molar-refractivity contribution in [3.8, 4) is 5.75 Å². The van der Waals surface area contributed by atoms with Crippen LogP contribution < -0.4 is 9.64 Å². The summed E-state index contributed by atoms with van der Waals surface area (Å²) in [5.41, 5.74) is 1.40. The van der Waals surface area contributed by atoms with Crippen LogP contribution in [0.5, 0.6) is 5.75 Å². The lowest BCUT2D eigenvalue weighted by molar-refractivity contribution is 0.0985. The largest absolute Gasteiger partial charge is 0.497 e. The van der Waals surface area contributed by atoms with E-state index >= 15 is 0 Å². The average molecular weight is 426 g/mol. The van der Waals surface area contributed by atoms with E-state index in [1.807, 2.05) is 37.2 Å². The number of carbonyl (C=O) groups is 1. The van der Waals surface area contributed by atoms with Gasteiger partial charge in [-0.15, -0.1) is 12.4 Å². The maximum atomic E-state index is 13.1. The standard InChI is InChI=1S/C19H20ClN3O2S.ClH/c1-22(2)9-10-23(18(24)13-5-4-6-14(20)11-13)19-21-16-8-7-15(25-3)12-17(16)26-19;/h4-8,11-12H,9-10H2,1-3H3;1H. The number of anilines is 1. The van der Waals surface area contributed by atoms with Crippen molar-refractivity contribution in [2.24, 2.45) is 0 Å². The van der Waals surface area contributed by atoms with Gasteiger partial charge in [0.05, 0.1) is 17.3 Å². The minimum atomic E-state index is -0.111. The molecule has 0 fully saturated rings. The van der Waals surface area contributed by atoms with Gasteiger partial charge in [-0.25, -0.2) is 4.98 Å². The minimum absolute atomic E-state index is 0. The van der Waals surface area contributed by atoms with Gasteiger partial charge in [0.2, 0.25) is 0 Å². The summed E-state index contributed by atoms with van der Waals surface area (Å²) in [7, 11) is 5.59. The van der Waals surface area contributed by atoms with E-state index in [-0.39, 0.29) is 18.3 Å². The molecule has 0 aliphatic rings. The highest BCUT2D eigenvalue weighted by atomic mass is 35.5. The van der Waals surface area contributed by atoms with Crippen molar-refractivity contribution < 1.29 is 9.53 Å². The number of hydrogen-bond acceptors (Lipinski definition) is 5. The highest BCUT2D eigenvalue weighted by Gasteiger charge is 2.21. The van der Waals surface area contributed by atoms with Crippen LogP contribution in [0.4, 0.5) is 5.13 Å². The number of rotatable bonds is 6. The third kappa shape index (κ3) is 5.11. The number of hydrogen-bond donors (Lipinski definition) is 0. The first kappa shape index (κ1) is 21.4. The van der Waals surface area contributed by atoms with E-state index in [9.17, 15) is 4.79 Å². The molecular formula is C19H21Cl2N3O2S. The number of likely N-dealkylation sites (N-methyl/N-ethyl adjacent to an activating group) is 1. The second-order valence-electron chi connectivity index (χ2n) is 6.10. The summed E-state index contributed by atoms with van der Waals surface area (Å²) in [6, 6.07) is 12.7. The summed E-state index contributed by atoms with van der Waals surface area (Å²) in [6.45, 7) is 1.26. The third-order valence-electron chi connectivity index (χ3n) is 3.90. The maximum absolute atomic E-state index is 13.1. The average Bonchev–Trinajstić information content (AvgIpc) is 3.04. The van der Waals surface area contributed by atoms with E-state index in [2.05, 4.69) is 4.98 Å². The van der Waals surface area contributed by atoms with Crippen LogP contribution in [0.2, 0.25) is 5.02 Å². The van der Waals surface area contributed by atoms with Crippen LogP contribution in [0.3, 0.4) is 0 Å². The topological polar surface area (TPSA) is 45.7 Å². The van der Waals surface area contributed by atoms with E-state index in [1.165, 1.54) is 11.3 Å². The number of benzene rings is 2. The first-order chi connectivity index (χ1) is 12.5. The Morgan fingerprint density at radius 3 is 2.63 bits per heavy atom. The molecule has 2 aromatic carbocycles. The van der Waals surface area contributed by atoms with Gasteiger partial charge in [0, 0.05) is 23.7 Å². The molecule has 8 heteroatoms. The molecule has 0 aliphatic carbocycles. The molecule has 5 nitrogen and oxygen atoms in total. The smallest absolute Gasteiger partial charge is 0.260 e. The van der Waals surface area contributed by atoms with Crippen molar-refractivity contribution in [1.82, 2.24) is 9.88 Å². The molecule has 3 rings (SSSR count). The lowest BCUT2D eigenvalue weighted by Crippen LogP contribution is -2.36.